The van der Waals surface area contributed by atoms with Crippen LogP contribution in [-0.2, 0) is 0 Å². The molecule has 0 aromatic heterocycles. The summed E-state index contributed by atoms with van der Waals surface area (Å²) in [6.45, 7) is 4.15. The van der Waals surface area contributed by atoms with E-state index in [9.17, 15) is 0 Å². The lowest BCUT2D eigenvalue weighted by Gasteiger charge is -2.29. The zero-order chi connectivity index (χ0) is 16.6. The zero-order valence-electron chi connectivity index (χ0n) is 14.8. The normalized spacial score (nSPS) is 23.1. The summed E-state index contributed by atoms with van der Waals surface area (Å²) in [6.07, 6.45) is 14.6. The Balaban J connectivity index is 1.63. The number of benzene rings is 1. The molecule has 2 saturated carbocycles. The van der Waals surface area contributed by atoms with Crippen LogP contribution in [0.2, 0.25) is 0 Å². The van der Waals surface area contributed by atoms with Gasteiger partial charge >= 0.3 is 0 Å². The molecule has 0 spiro atoms. The maximum atomic E-state index is 6.32. The maximum Gasteiger partial charge on any atom is 0.165 e. The van der Waals surface area contributed by atoms with Crippen molar-refractivity contribution < 1.29 is 14.2 Å². The van der Waals surface area contributed by atoms with Gasteiger partial charge in [-0.2, -0.15) is 0 Å². The molecule has 2 aliphatic carbocycles. The molecule has 3 nitrogen and oxygen atoms in total. The van der Waals surface area contributed by atoms with Crippen LogP contribution >= 0.6 is 0 Å². The highest BCUT2D eigenvalue weighted by Crippen LogP contribution is 2.42. The Labute approximate surface area is 145 Å². The molecule has 4 rings (SSSR count). The minimum absolute atomic E-state index is 0.272. The molecule has 0 saturated heterocycles. The third-order valence-electron chi connectivity index (χ3n) is 5.31. The fourth-order valence-electron chi connectivity index (χ4n) is 3.94. The van der Waals surface area contributed by atoms with Gasteiger partial charge in [-0.25, -0.2) is 0 Å². The lowest BCUT2D eigenvalue weighted by atomic mass is 10.0. The second-order valence-electron chi connectivity index (χ2n) is 7.92. The van der Waals surface area contributed by atoms with Crippen LogP contribution in [0.25, 0.3) is 6.08 Å². The van der Waals surface area contributed by atoms with Crippen LogP contribution in [0.15, 0.2) is 18.2 Å². The van der Waals surface area contributed by atoms with E-state index in [2.05, 4.69) is 32.1 Å². The molecule has 3 aliphatic rings. The standard InChI is InChI=1S/C21H28O3/c1-21(2)12-11-15-13-19(22-16-7-3-4-8-16)20(14-18(15)24-21)23-17-9-5-6-10-17/h11-14,16-17H,3-10H2,1-2H3. The molecule has 3 heteroatoms. The van der Waals surface area contributed by atoms with Gasteiger partial charge in [-0.15, -0.1) is 0 Å². The average Bonchev–Trinajstić information content (AvgIpc) is 3.21. The van der Waals surface area contributed by atoms with Crippen molar-refractivity contribution in [1.29, 1.82) is 0 Å². The van der Waals surface area contributed by atoms with Gasteiger partial charge in [0.2, 0.25) is 0 Å². The van der Waals surface area contributed by atoms with Crippen molar-refractivity contribution in [3.05, 3.63) is 23.8 Å². The summed E-state index contributed by atoms with van der Waals surface area (Å²) < 4.78 is 18.8. The first-order valence-corrected chi connectivity index (χ1v) is 9.49. The van der Waals surface area contributed by atoms with Gasteiger partial charge < -0.3 is 14.2 Å². The average molecular weight is 328 g/mol. The van der Waals surface area contributed by atoms with Gasteiger partial charge in [-0.3, -0.25) is 0 Å². The van der Waals surface area contributed by atoms with Crippen LogP contribution in [0.1, 0.15) is 70.8 Å². The maximum absolute atomic E-state index is 6.32. The third-order valence-corrected chi connectivity index (χ3v) is 5.31. The molecule has 0 bridgehead atoms. The van der Waals surface area contributed by atoms with E-state index in [-0.39, 0.29) is 5.60 Å². The summed E-state index contributed by atoms with van der Waals surface area (Å²) in [4.78, 5) is 0. The van der Waals surface area contributed by atoms with Crippen LogP contribution in [0.4, 0.5) is 0 Å². The van der Waals surface area contributed by atoms with Crippen LogP contribution in [0.5, 0.6) is 17.2 Å². The topological polar surface area (TPSA) is 27.7 Å². The quantitative estimate of drug-likeness (QED) is 0.729. The van der Waals surface area contributed by atoms with Crippen molar-refractivity contribution in [1.82, 2.24) is 0 Å². The van der Waals surface area contributed by atoms with Crippen molar-refractivity contribution in [2.24, 2.45) is 0 Å². The molecule has 1 aromatic rings. The van der Waals surface area contributed by atoms with Crippen LogP contribution < -0.4 is 14.2 Å². The molecule has 0 unspecified atom stereocenters. The fourth-order valence-corrected chi connectivity index (χ4v) is 3.94. The van der Waals surface area contributed by atoms with E-state index in [1.165, 1.54) is 25.7 Å². The van der Waals surface area contributed by atoms with E-state index in [0.29, 0.717) is 12.2 Å². The summed E-state index contributed by atoms with van der Waals surface area (Å²) in [5, 5.41) is 0. The smallest absolute Gasteiger partial charge is 0.165 e. The summed E-state index contributed by atoms with van der Waals surface area (Å²) in [5.74, 6) is 2.65. The Morgan fingerprint density at radius 1 is 0.875 bits per heavy atom. The lowest BCUT2D eigenvalue weighted by Crippen LogP contribution is -2.27. The zero-order valence-corrected chi connectivity index (χ0v) is 14.8. The Hall–Kier alpha value is -1.64. The van der Waals surface area contributed by atoms with Gasteiger partial charge in [0.05, 0.1) is 12.2 Å². The van der Waals surface area contributed by atoms with Gasteiger partial charge in [-0.05, 0) is 77.4 Å². The predicted molar refractivity (Wildman–Crippen MR) is 96.0 cm³/mol. The van der Waals surface area contributed by atoms with Crippen molar-refractivity contribution in [2.45, 2.75) is 83.0 Å². The first kappa shape index (κ1) is 15.9. The molecule has 1 aliphatic heterocycles. The van der Waals surface area contributed by atoms with E-state index >= 15 is 0 Å². The van der Waals surface area contributed by atoms with Crippen LogP contribution in [0, 0.1) is 0 Å². The third kappa shape index (κ3) is 3.40. The number of rotatable bonds is 4. The van der Waals surface area contributed by atoms with Crippen LogP contribution in [-0.4, -0.2) is 17.8 Å². The first-order valence-electron chi connectivity index (χ1n) is 9.49. The molecule has 0 radical (unpaired) electrons. The van der Waals surface area contributed by atoms with Crippen LogP contribution in [0.3, 0.4) is 0 Å². The molecule has 130 valence electrons. The van der Waals surface area contributed by atoms with E-state index < -0.39 is 0 Å². The molecule has 2 fully saturated rings. The van der Waals surface area contributed by atoms with Gasteiger partial charge in [0, 0.05) is 11.6 Å². The second kappa shape index (κ2) is 6.34. The largest absolute Gasteiger partial charge is 0.487 e. The van der Waals surface area contributed by atoms with Crippen molar-refractivity contribution >= 4 is 6.08 Å². The summed E-state index contributed by atoms with van der Waals surface area (Å²) in [5.41, 5.74) is 0.812. The number of hydrogen-bond donors (Lipinski definition) is 0. The lowest BCUT2D eigenvalue weighted by molar-refractivity contribution is 0.151. The number of fused-ring (bicyclic) bond motifs is 1. The Morgan fingerprint density at radius 3 is 2.00 bits per heavy atom. The summed E-state index contributed by atoms with van der Waals surface area (Å²) >= 11 is 0. The first-order chi connectivity index (χ1) is 11.6. The second-order valence-corrected chi connectivity index (χ2v) is 7.92. The Bertz CT molecular complexity index is 620. The Morgan fingerprint density at radius 2 is 1.42 bits per heavy atom. The van der Waals surface area contributed by atoms with Gasteiger partial charge in [-0.1, -0.05) is 6.08 Å². The molecule has 1 heterocycles. The molecule has 0 atom stereocenters. The molecular formula is C21H28O3. The summed E-state index contributed by atoms with van der Waals surface area (Å²) in [7, 11) is 0. The highest BCUT2D eigenvalue weighted by atomic mass is 16.5. The van der Waals surface area contributed by atoms with E-state index in [0.717, 1.165) is 48.5 Å². The monoisotopic (exact) mass is 328 g/mol. The minimum atomic E-state index is -0.272. The molecule has 1 aromatic carbocycles. The fraction of sp³-hybridized carbons (Fsp3) is 0.619. The predicted octanol–water partition coefficient (Wildman–Crippen LogP) is 5.51. The van der Waals surface area contributed by atoms with Gasteiger partial charge in [0.25, 0.3) is 0 Å². The highest BCUT2D eigenvalue weighted by molar-refractivity contribution is 5.66. The SMILES string of the molecule is CC1(C)C=Cc2cc(OC3CCCC3)c(OC3CCCC3)cc2O1. The number of hydrogen-bond acceptors (Lipinski definition) is 3. The minimum Gasteiger partial charge on any atom is -0.487 e. The molecule has 24 heavy (non-hydrogen) atoms. The van der Waals surface area contributed by atoms with Crippen molar-refractivity contribution in [3.8, 4) is 17.2 Å². The van der Waals surface area contributed by atoms with E-state index in [1.54, 1.807) is 0 Å². The van der Waals surface area contributed by atoms with E-state index in [4.69, 9.17) is 14.2 Å². The van der Waals surface area contributed by atoms with Crippen molar-refractivity contribution in [3.63, 3.8) is 0 Å². The highest BCUT2D eigenvalue weighted by Gasteiger charge is 2.27. The number of ether oxygens (including phenoxy) is 3. The Kier molecular flexibility index (Phi) is 4.19. The molecule has 0 amide bonds. The van der Waals surface area contributed by atoms with Gasteiger partial charge in [0.1, 0.15) is 11.4 Å². The van der Waals surface area contributed by atoms with Crippen molar-refractivity contribution in [2.75, 3.05) is 0 Å². The molecule has 0 N–H and O–H groups in total. The van der Waals surface area contributed by atoms with E-state index in [1.807, 2.05) is 6.07 Å². The summed E-state index contributed by atoms with van der Waals surface area (Å²) in [6, 6.07) is 4.15. The van der Waals surface area contributed by atoms with Gasteiger partial charge in [0.15, 0.2) is 11.5 Å². The molecular weight excluding hydrogens is 300 g/mol.